The molecular formula is C24H31F2N3OS. The van der Waals surface area contributed by atoms with Crippen molar-refractivity contribution in [3.8, 4) is 0 Å². The minimum absolute atomic E-state index is 0.0349. The van der Waals surface area contributed by atoms with E-state index < -0.39 is 5.92 Å². The molecular weight excluding hydrogens is 416 g/mol. The van der Waals surface area contributed by atoms with Crippen LogP contribution in [0.3, 0.4) is 0 Å². The van der Waals surface area contributed by atoms with Gasteiger partial charge >= 0.3 is 0 Å². The molecule has 4 heterocycles. The Bertz CT molecular complexity index is 891. The maximum absolute atomic E-state index is 13.4. The number of alkyl halides is 2. The summed E-state index contributed by atoms with van der Waals surface area (Å²) in [5, 5.41) is 1.99. The number of pyridine rings is 1. The minimum Gasteiger partial charge on any atom is -0.375 e. The third-order valence-corrected chi connectivity index (χ3v) is 8.31. The molecule has 5 rings (SSSR count). The number of nitrogens with two attached hydrogens (primary N) is 1. The quantitative estimate of drug-likeness (QED) is 0.683. The molecule has 1 saturated carbocycles. The predicted octanol–water partition coefficient (Wildman–Crippen LogP) is 4.92. The van der Waals surface area contributed by atoms with Gasteiger partial charge in [-0.25, -0.2) is 8.78 Å². The van der Waals surface area contributed by atoms with Gasteiger partial charge in [0, 0.05) is 34.8 Å². The number of thiophene rings is 1. The molecule has 7 heteroatoms. The highest BCUT2D eigenvalue weighted by molar-refractivity contribution is 7.10. The summed E-state index contributed by atoms with van der Waals surface area (Å²) in [5.41, 5.74) is 8.68. The summed E-state index contributed by atoms with van der Waals surface area (Å²) in [6, 6.07) is 8.06. The second-order valence-corrected chi connectivity index (χ2v) is 10.8. The Kier molecular flexibility index (Phi) is 5.55. The van der Waals surface area contributed by atoms with Crippen LogP contribution >= 0.6 is 11.3 Å². The lowest BCUT2D eigenvalue weighted by Crippen LogP contribution is -2.56. The van der Waals surface area contributed by atoms with Crippen molar-refractivity contribution < 1.29 is 13.5 Å². The van der Waals surface area contributed by atoms with Crippen molar-refractivity contribution >= 4 is 17.0 Å². The molecule has 0 bridgehead atoms. The lowest BCUT2D eigenvalue weighted by Gasteiger charge is -2.47. The van der Waals surface area contributed by atoms with Crippen molar-refractivity contribution in [2.45, 2.75) is 74.3 Å². The molecule has 1 spiro atoms. The van der Waals surface area contributed by atoms with Crippen molar-refractivity contribution in [3.63, 3.8) is 0 Å². The van der Waals surface area contributed by atoms with Crippen LogP contribution < -0.4 is 10.6 Å². The van der Waals surface area contributed by atoms with Crippen LogP contribution in [0, 0.1) is 0 Å². The first-order valence-electron chi connectivity index (χ1n) is 11.4. The first kappa shape index (κ1) is 21.3. The monoisotopic (exact) mass is 447 g/mol. The third-order valence-electron chi connectivity index (χ3n) is 7.38. The summed E-state index contributed by atoms with van der Waals surface area (Å²) in [6.45, 7) is 0.365. The first-order valence-corrected chi connectivity index (χ1v) is 12.3. The summed E-state index contributed by atoms with van der Waals surface area (Å²) in [7, 11) is 0. The number of hydrogen-bond donors (Lipinski definition) is 1. The molecule has 2 atom stereocenters. The molecule has 3 aliphatic rings. The van der Waals surface area contributed by atoms with Crippen molar-refractivity contribution in [3.05, 3.63) is 46.4 Å². The topological polar surface area (TPSA) is 51.4 Å². The van der Waals surface area contributed by atoms with E-state index in [4.69, 9.17) is 15.5 Å². The zero-order chi connectivity index (χ0) is 21.5. The maximum Gasteiger partial charge on any atom is 0.282 e. The van der Waals surface area contributed by atoms with Crippen LogP contribution in [0.4, 0.5) is 14.5 Å². The summed E-state index contributed by atoms with van der Waals surface area (Å²) < 4.78 is 33.1. The Hall–Kier alpha value is -1.57. The molecule has 2 unspecified atom stereocenters. The second kappa shape index (κ2) is 8.09. The highest BCUT2D eigenvalue weighted by atomic mass is 32.1. The number of rotatable bonds is 6. The number of ether oxygens (including phenoxy) is 1. The molecule has 2 aromatic heterocycles. The number of nitrogens with zero attached hydrogens (tertiary/aromatic N) is 2. The van der Waals surface area contributed by atoms with Crippen molar-refractivity contribution in [2.24, 2.45) is 5.73 Å². The molecule has 0 amide bonds. The highest BCUT2D eigenvalue weighted by Crippen LogP contribution is 2.50. The van der Waals surface area contributed by atoms with Gasteiger partial charge in [0.05, 0.1) is 24.4 Å². The highest BCUT2D eigenvalue weighted by Gasteiger charge is 2.49. The van der Waals surface area contributed by atoms with Crippen LogP contribution in [0.25, 0.3) is 0 Å². The van der Waals surface area contributed by atoms with Crippen LogP contribution in [0.2, 0.25) is 0 Å². The summed E-state index contributed by atoms with van der Waals surface area (Å²) in [4.78, 5) is 7.65. The van der Waals surface area contributed by atoms with E-state index in [0.29, 0.717) is 6.42 Å². The van der Waals surface area contributed by atoms with Gasteiger partial charge in [0.15, 0.2) is 0 Å². The lowest BCUT2D eigenvalue weighted by atomic mass is 9.66. The molecule has 2 saturated heterocycles. The van der Waals surface area contributed by atoms with Gasteiger partial charge in [0.1, 0.15) is 0 Å². The van der Waals surface area contributed by atoms with Crippen molar-refractivity contribution in [2.75, 3.05) is 24.6 Å². The molecule has 1 aliphatic carbocycles. The Morgan fingerprint density at radius 3 is 2.68 bits per heavy atom. The van der Waals surface area contributed by atoms with E-state index >= 15 is 0 Å². The van der Waals surface area contributed by atoms with Crippen molar-refractivity contribution in [1.29, 1.82) is 0 Å². The number of anilines is 1. The molecule has 0 radical (unpaired) electrons. The summed E-state index contributed by atoms with van der Waals surface area (Å²) in [6.07, 6.45) is 10.0. The van der Waals surface area contributed by atoms with Crippen LogP contribution in [0.1, 0.15) is 55.5 Å². The van der Waals surface area contributed by atoms with E-state index in [1.54, 1.807) is 16.2 Å². The molecule has 3 fully saturated rings. The van der Waals surface area contributed by atoms with E-state index in [2.05, 4.69) is 12.1 Å². The number of halogens is 2. The largest absolute Gasteiger partial charge is 0.375 e. The summed E-state index contributed by atoms with van der Waals surface area (Å²) >= 11 is 1.62. The predicted molar refractivity (Wildman–Crippen MR) is 120 cm³/mol. The Balaban J connectivity index is 1.35. The van der Waals surface area contributed by atoms with Gasteiger partial charge in [-0.2, -0.15) is 0 Å². The van der Waals surface area contributed by atoms with Crippen molar-refractivity contribution in [1.82, 2.24) is 4.98 Å². The van der Waals surface area contributed by atoms with E-state index in [9.17, 15) is 8.78 Å². The second-order valence-electron chi connectivity index (χ2n) is 9.77. The number of hydrogen-bond acceptors (Lipinski definition) is 5. The third kappa shape index (κ3) is 4.24. The van der Waals surface area contributed by atoms with Gasteiger partial charge in [-0.05, 0) is 62.1 Å². The molecule has 2 aromatic rings. The van der Waals surface area contributed by atoms with E-state index in [0.717, 1.165) is 55.0 Å². The fourth-order valence-corrected chi connectivity index (χ4v) is 6.99. The zero-order valence-electron chi connectivity index (χ0n) is 17.9. The molecule has 2 N–H and O–H groups in total. The maximum atomic E-state index is 13.4. The molecule has 2 aliphatic heterocycles. The molecule has 168 valence electrons. The summed E-state index contributed by atoms with van der Waals surface area (Å²) in [5.74, 6) is -2.57. The average molecular weight is 448 g/mol. The van der Waals surface area contributed by atoms with E-state index in [-0.39, 0.29) is 30.1 Å². The zero-order valence-corrected chi connectivity index (χ0v) is 18.7. The standard InChI is InChI=1S/C24H31F2N3OS/c25-24(26)16-29(17-24)19-6-12-31-20(19)13-18(27)14-22(21-5-1-4-10-28-21)9-11-30-23(15-22)7-2-3-8-23/h1,4-6,10,12,18H,2-3,7-9,11,13-17,27H2. The normalized spacial score (nSPS) is 27.9. The Morgan fingerprint density at radius 2 is 1.97 bits per heavy atom. The SMILES string of the molecule is NC(Cc1sccc1N1CC(F)(F)C1)CC1(c2ccccn2)CCOC2(CCCC2)C1. The molecule has 31 heavy (non-hydrogen) atoms. The smallest absolute Gasteiger partial charge is 0.282 e. The van der Waals surface area contributed by atoms with Crippen LogP contribution in [-0.2, 0) is 16.6 Å². The van der Waals surface area contributed by atoms with E-state index in [1.165, 1.54) is 12.8 Å². The van der Waals surface area contributed by atoms with Gasteiger partial charge in [-0.1, -0.05) is 18.9 Å². The minimum atomic E-state index is -2.57. The lowest BCUT2D eigenvalue weighted by molar-refractivity contribution is -0.105. The van der Waals surface area contributed by atoms with Crippen LogP contribution in [0.5, 0.6) is 0 Å². The fraction of sp³-hybridized carbons (Fsp3) is 0.625. The Labute approximate surface area is 186 Å². The number of aromatic nitrogens is 1. The average Bonchev–Trinajstić information content (AvgIpc) is 3.36. The van der Waals surface area contributed by atoms with Crippen LogP contribution in [0.15, 0.2) is 35.8 Å². The van der Waals surface area contributed by atoms with Gasteiger partial charge in [-0.15, -0.1) is 11.3 Å². The van der Waals surface area contributed by atoms with Gasteiger partial charge in [0.25, 0.3) is 5.92 Å². The van der Waals surface area contributed by atoms with Crippen LogP contribution in [-0.4, -0.2) is 42.2 Å². The van der Waals surface area contributed by atoms with E-state index in [1.807, 2.05) is 23.7 Å². The molecule has 4 nitrogen and oxygen atoms in total. The fourth-order valence-electron chi connectivity index (χ4n) is 6.00. The van der Waals surface area contributed by atoms with Gasteiger partial charge < -0.3 is 15.4 Å². The molecule has 0 aromatic carbocycles. The van der Waals surface area contributed by atoms with Gasteiger partial charge in [0.2, 0.25) is 0 Å². The van der Waals surface area contributed by atoms with Gasteiger partial charge in [-0.3, -0.25) is 4.98 Å². The Morgan fingerprint density at radius 1 is 1.16 bits per heavy atom. The first-order chi connectivity index (χ1) is 14.9.